The molecule has 6 nitrogen and oxygen atoms in total. The smallest absolute Gasteiger partial charge is 0.303 e. The molecule has 1 aromatic rings. The average Bonchev–Trinajstić information content (AvgIpc) is 2.93. The van der Waals surface area contributed by atoms with Gasteiger partial charge in [0.2, 0.25) is 0 Å². The van der Waals surface area contributed by atoms with Gasteiger partial charge in [0, 0.05) is 23.8 Å². The topological polar surface area (TPSA) is 107 Å². The molecule has 0 aliphatic heterocycles. The number of carbonyl (C=O) groups is 1. The SMILES string of the molecule is O=C(O)CCCC=CC[C@H]1C(O)CC(O)[C@@H]1C=C[C@@H](O)COc1cccc(Cl)c1. The van der Waals surface area contributed by atoms with Crippen molar-refractivity contribution in [3.05, 3.63) is 53.6 Å². The number of hydrogen-bond donors (Lipinski definition) is 4. The molecule has 7 heteroatoms. The lowest BCUT2D eigenvalue weighted by atomic mass is 9.89. The van der Waals surface area contributed by atoms with Crippen LogP contribution in [0.2, 0.25) is 5.02 Å². The fourth-order valence-electron chi connectivity index (χ4n) is 3.50. The Morgan fingerprint density at radius 3 is 2.79 bits per heavy atom. The van der Waals surface area contributed by atoms with Crippen LogP contribution >= 0.6 is 11.6 Å². The third kappa shape index (κ3) is 8.19. The molecule has 1 aromatic carbocycles. The molecular formula is C22H29ClO6. The minimum Gasteiger partial charge on any atom is -0.491 e. The molecule has 1 aliphatic rings. The van der Waals surface area contributed by atoms with Crippen LogP contribution in [0.3, 0.4) is 0 Å². The van der Waals surface area contributed by atoms with E-state index in [1.165, 1.54) is 0 Å². The number of rotatable bonds is 11. The molecule has 0 heterocycles. The highest BCUT2D eigenvalue weighted by Gasteiger charge is 2.39. The van der Waals surface area contributed by atoms with E-state index < -0.39 is 24.3 Å². The van der Waals surface area contributed by atoms with Gasteiger partial charge >= 0.3 is 5.97 Å². The van der Waals surface area contributed by atoms with Crippen LogP contribution in [0.4, 0.5) is 0 Å². The maximum atomic E-state index is 10.5. The standard InChI is InChI=1S/C22H29ClO6/c23-15-6-5-7-17(12-15)29-14-16(24)10-11-19-18(20(25)13-21(19)26)8-3-1-2-4-9-22(27)28/h1,3,5-7,10-12,16,18-21,24-26H,2,4,8-9,13-14H2,(H,27,28)/t16-,18-,19-,20?,21?/m1/s1. The van der Waals surface area contributed by atoms with Crippen LogP contribution in [0.15, 0.2) is 48.6 Å². The molecule has 29 heavy (non-hydrogen) atoms. The van der Waals surface area contributed by atoms with Gasteiger partial charge in [-0.1, -0.05) is 42.0 Å². The zero-order chi connectivity index (χ0) is 21.2. The molecule has 0 saturated heterocycles. The number of allylic oxidation sites excluding steroid dienone is 2. The second-order valence-corrected chi connectivity index (χ2v) is 7.76. The molecule has 0 bridgehead atoms. The second kappa shape index (κ2) is 12.0. The van der Waals surface area contributed by atoms with Crippen molar-refractivity contribution in [2.45, 2.75) is 50.4 Å². The summed E-state index contributed by atoms with van der Waals surface area (Å²) in [5, 5.41) is 39.8. The minimum absolute atomic E-state index is 0.0519. The number of benzene rings is 1. The van der Waals surface area contributed by atoms with Gasteiger partial charge in [0.25, 0.3) is 0 Å². The summed E-state index contributed by atoms with van der Waals surface area (Å²) < 4.78 is 5.51. The van der Waals surface area contributed by atoms with Gasteiger partial charge in [-0.15, -0.1) is 0 Å². The predicted octanol–water partition coefficient (Wildman–Crippen LogP) is 3.20. The van der Waals surface area contributed by atoms with E-state index in [0.29, 0.717) is 36.5 Å². The lowest BCUT2D eigenvalue weighted by Gasteiger charge is -2.19. The van der Waals surface area contributed by atoms with Crippen LogP contribution in [0.25, 0.3) is 0 Å². The van der Waals surface area contributed by atoms with Crippen LogP contribution < -0.4 is 4.74 Å². The summed E-state index contributed by atoms with van der Waals surface area (Å²) >= 11 is 5.90. The van der Waals surface area contributed by atoms with E-state index >= 15 is 0 Å². The normalized spacial score (nSPS) is 25.7. The van der Waals surface area contributed by atoms with E-state index in [9.17, 15) is 20.1 Å². The van der Waals surface area contributed by atoms with Crippen molar-refractivity contribution in [3.63, 3.8) is 0 Å². The number of halogens is 1. The van der Waals surface area contributed by atoms with Crippen molar-refractivity contribution in [1.29, 1.82) is 0 Å². The largest absolute Gasteiger partial charge is 0.491 e. The van der Waals surface area contributed by atoms with Crippen LogP contribution in [-0.2, 0) is 4.79 Å². The second-order valence-electron chi connectivity index (χ2n) is 7.33. The summed E-state index contributed by atoms with van der Waals surface area (Å²) in [7, 11) is 0. The molecule has 1 fully saturated rings. The number of aliphatic carboxylic acids is 1. The van der Waals surface area contributed by atoms with Gasteiger partial charge in [-0.2, -0.15) is 0 Å². The minimum atomic E-state index is -0.855. The summed E-state index contributed by atoms with van der Waals surface area (Å²) in [6, 6.07) is 6.90. The molecule has 2 unspecified atom stereocenters. The molecular weight excluding hydrogens is 396 g/mol. The Hall–Kier alpha value is -1.86. The zero-order valence-electron chi connectivity index (χ0n) is 16.2. The monoisotopic (exact) mass is 424 g/mol. The predicted molar refractivity (Wildman–Crippen MR) is 111 cm³/mol. The van der Waals surface area contributed by atoms with Crippen molar-refractivity contribution in [3.8, 4) is 5.75 Å². The third-order valence-electron chi connectivity index (χ3n) is 5.02. The number of carboxylic acids is 1. The van der Waals surface area contributed by atoms with Gasteiger partial charge in [0.05, 0.1) is 12.2 Å². The number of carboxylic acid groups (broad SMARTS) is 1. The Morgan fingerprint density at radius 2 is 2.07 bits per heavy atom. The average molecular weight is 425 g/mol. The number of aliphatic hydroxyl groups excluding tert-OH is 3. The summed E-state index contributed by atoms with van der Waals surface area (Å²) in [5.41, 5.74) is 0. The van der Waals surface area contributed by atoms with E-state index in [0.717, 1.165) is 0 Å². The lowest BCUT2D eigenvalue weighted by molar-refractivity contribution is -0.137. The summed E-state index contributed by atoms with van der Waals surface area (Å²) in [6.45, 7) is 0.0519. The first-order valence-corrected chi connectivity index (χ1v) is 10.2. The Bertz CT molecular complexity index is 704. The van der Waals surface area contributed by atoms with E-state index in [-0.39, 0.29) is 24.9 Å². The van der Waals surface area contributed by atoms with E-state index in [1.807, 2.05) is 12.2 Å². The third-order valence-corrected chi connectivity index (χ3v) is 5.26. The maximum absolute atomic E-state index is 10.5. The number of aliphatic hydroxyl groups is 3. The highest BCUT2D eigenvalue weighted by atomic mass is 35.5. The van der Waals surface area contributed by atoms with Crippen molar-refractivity contribution in [1.82, 2.24) is 0 Å². The fraction of sp³-hybridized carbons (Fsp3) is 0.500. The Labute approximate surface area is 176 Å². The van der Waals surface area contributed by atoms with E-state index in [4.69, 9.17) is 21.4 Å². The molecule has 2 rings (SSSR count). The van der Waals surface area contributed by atoms with Crippen molar-refractivity contribution >= 4 is 17.6 Å². The maximum Gasteiger partial charge on any atom is 0.303 e. The Morgan fingerprint density at radius 1 is 1.28 bits per heavy atom. The van der Waals surface area contributed by atoms with Gasteiger partial charge < -0.3 is 25.2 Å². The molecule has 1 saturated carbocycles. The van der Waals surface area contributed by atoms with Crippen molar-refractivity contribution in [2.75, 3.05) is 6.61 Å². The highest BCUT2D eigenvalue weighted by Crippen LogP contribution is 2.36. The van der Waals surface area contributed by atoms with Crippen LogP contribution in [0.5, 0.6) is 5.75 Å². The molecule has 4 N–H and O–H groups in total. The van der Waals surface area contributed by atoms with Gasteiger partial charge in [0.15, 0.2) is 0 Å². The lowest BCUT2D eigenvalue weighted by Crippen LogP contribution is -2.21. The van der Waals surface area contributed by atoms with E-state index in [2.05, 4.69) is 0 Å². The summed E-state index contributed by atoms with van der Waals surface area (Å²) in [4.78, 5) is 10.5. The molecule has 0 spiro atoms. The van der Waals surface area contributed by atoms with Gasteiger partial charge in [-0.3, -0.25) is 4.79 Å². The summed E-state index contributed by atoms with van der Waals surface area (Å²) in [6.07, 6.45) is 7.26. The van der Waals surface area contributed by atoms with Crippen molar-refractivity contribution in [2.24, 2.45) is 11.8 Å². The Kier molecular flexibility index (Phi) is 9.67. The van der Waals surface area contributed by atoms with E-state index in [1.54, 1.807) is 36.4 Å². The highest BCUT2D eigenvalue weighted by molar-refractivity contribution is 6.30. The first kappa shape index (κ1) is 23.4. The quantitative estimate of drug-likeness (QED) is 0.321. The van der Waals surface area contributed by atoms with Crippen LogP contribution in [0, 0.1) is 11.8 Å². The first-order valence-electron chi connectivity index (χ1n) is 9.84. The molecule has 5 atom stereocenters. The number of ether oxygens (including phenoxy) is 1. The molecule has 0 aromatic heterocycles. The van der Waals surface area contributed by atoms with Gasteiger partial charge in [0.1, 0.15) is 18.5 Å². The summed E-state index contributed by atoms with van der Waals surface area (Å²) in [5.74, 6) is -0.671. The number of hydrogen-bond acceptors (Lipinski definition) is 5. The molecule has 0 radical (unpaired) electrons. The van der Waals surface area contributed by atoms with Crippen molar-refractivity contribution < 1.29 is 30.0 Å². The molecule has 0 amide bonds. The number of unbranched alkanes of at least 4 members (excludes halogenated alkanes) is 1. The van der Waals surface area contributed by atoms with Crippen LogP contribution in [-0.4, -0.2) is 51.3 Å². The Balaban J connectivity index is 1.83. The molecule has 1 aliphatic carbocycles. The van der Waals surface area contributed by atoms with Gasteiger partial charge in [-0.25, -0.2) is 0 Å². The molecule has 160 valence electrons. The first-order chi connectivity index (χ1) is 13.9. The van der Waals surface area contributed by atoms with Crippen LogP contribution in [0.1, 0.15) is 32.1 Å². The van der Waals surface area contributed by atoms with Gasteiger partial charge in [-0.05, 0) is 43.4 Å². The fourth-order valence-corrected chi connectivity index (χ4v) is 3.68. The zero-order valence-corrected chi connectivity index (χ0v) is 17.0.